The highest BCUT2D eigenvalue weighted by Gasteiger charge is 2.16. The highest BCUT2D eigenvalue weighted by Crippen LogP contribution is 2.37. The van der Waals surface area contributed by atoms with Crippen LogP contribution in [0.25, 0.3) is 11.5 Å². The summed E-state index contributed by atoms with van der Waals surface area (Å²) in [5.74, 6) is 1.69. The molecule has 1 aromatic heterocycles. The molecule has 0 spiro atoms. The summed E-state index contributed by atoms with van der Waals surface area (Å²) < 4.78 is 15.7. The molecule has 1 heterocycles. The van der Waals surface area contributed by atoms with Gasteiger partial charge in [-0.3, -0.25) is 0 Å². The van der Waals surface area contributed by atoms with Crippen molar-refractivity contribution >= 4 is 6.01 Å². The number of benzene rings is 1. The third-order valence-corrected chi connectivity index (χ3v) is 2.45. The van der Waals surface area contributed by atoms with Crippen molar-refractivity contribution in [1.82, 2.24) is 10.2 Å². The molecule has 1 aromatic carbocycles. The average molecular weight is 235 g/mol. The molecule has 0 saturated heterocycles. The smallest absolute Gasteiger partial charge is 0.313 e. The van der Waals surface area contributed by atoms with Crippen molar-refractivity contribution in [3.05, 3.63) is 17.7 Å². The van der Waals surface area contributed by atoms with Crippen LogP contribution in [0.4, 0.5) is 6.01 Å². The Balaban J connectivity index is 2.58. The fourth-order valence-electron chi connectivity index (χ4n) is 1.67. The zero-order valence-electron chi connectivity index (χ0n) is 9.85. The molecule has 6 nitrogen and oxygen atoms in total. The molecule has 0 radical (unpaired) electrons. The fraction of sp³-hybridized carbons (Fsp3) is 0.273. The minimum absolute atomic E-state index is 0.0236. The Morgan fingerprint density at radius 3 is 2.47 bits per heavy atom. The molecule has 0 bridgehead atoms. The molecule has 0 unspecified atom stereocenters. The number of nitrogens with two attached hydrogens (primary N) is 1. The Morgan fingerprint density at radius 1 is 1.18 bits per heavy atom. The SMILES string of the molecule is COc1ccc(-c2nnc(N)o2)c(OC)c1C. The topological polar surface area (TPSA) is 83.4 Å². The van der Waals surface area contributed by atoms with Gasteiger partial charge in [0.15, 0.2) is 0 Å². The van der Waals surface area contributed by atoms with Crippen molar-refractivity contribution in [2.45, 2.75) is 6.92 Å². The van der Waals surface area contributed by atoms with Gasteiger partial charge in [0, 0.05) is 5.56 Å². The Kier molecular flexibility index (Phi) is 2.86. The van der Waals surface area contributed by atoms with E-state index < -0.39 is 0 Å². The summed E-state index contributed by atoms with van der Waals surface area (Å²) in [5.41, 5.74) is 6.95. The molecule has 0 aliphatic heterocycles. The van der Waals surface area contributed by atoms with Gasteiger partial charge in [-0.25, -0.2) is 0 Å². The molecule has 0 amide bonds. The number of nitrogens with zero attached hydrogens (tertiary/aromatic N) is 2. The summed E-state index contributed by atoms with van der Waals surface area (Å²) in [6.45, 7) is 1.89. The maximum atomic E-state index is 5.40. The van der Waals surface area contributed by atoms with E-state index in [1.807, 2.05) is 13.0 Å². The zero-order chi connectivity index (χ0) is 12.4. The van der Waals surface area contributed by atoms with Gasteiger partial charge in [0.1, 0.15) is 11.5 Å². The molecule has 6 heteroatoms. The van der Waals surface area contributed by atoms with Crippen molar-refractivity contribution < 1.29 is 13.9 Å². The molecule has 0 saturated carbocycles. The van der Waals surface area contributed by atoms with Crippen LogP contribution >= 0.6 is 0 Å². The van der Waals surface area contributed by atoms with E-state index >= 15 is 0 Å². The predicted molar refractivity (Wildman–Crippen MR) is 62.0 cm³/mol. The van der Waals surface area contributed by atoms with Crippen LogP contribution < -0.4 is 15.2 Å². The van der Waals surface area contributed by atoms with Crippen molar-refractivity contribution in [2.24, 2.45) is 0 Å². The Labute approximate surface area is 98.4 Å². The van der Waals surface area contributed by atoms with Gasteiger partial charge < -0.3 is 19.6 Å². The van der Waals surface area contributed by atoms with Gasteiger partial charge >= 0.3 is 6.01 Å². The Hall–Kier alpha value is -2.24. The molecule has 0 aliphatic carbocycles. The largest absolute Gasteiger partial charge is 0.496 e. The fourth-order valence-corrected chi connectivity index (χ4v) is 1.67. The van der Waals surface area contributed by atoms with Gasteiger partial charge in [0.05, 0.1) is 19.8 Å². The normalized spacial score (nSPS) is 10.3. The minimum Gasteiger partial charge on any atom is -0.496 e. The number of ether oxygens (including phenoxy) is 2. The lowest BCUT2D eigenvalue weighted by Gasteiger charge is -2.12. The second-order valence-electron chi connectivity index (χ2n) is 3.42. The van der Waals surface area contributed by atoms with Crippen molar-refractivity contribution in [3.8, 4) is 23.0 Å². The molecule has 17 heavy (non-hydrogen) atoms. The van der Waals surface area contributed by atoms with Gasteiger partial charge in [-0.05, 0) is 19.1 Å². The molecule has 0 aliphatic rings. The van der Waals surface area contributed by atoms with E-state index in [9.17, 15) is 0 Å². The lowest BCUT2D eigenvalue weighted by molar-refractivity contribution is 0.389. The van der Waals surface area contributed by atoms with E-state index in [2.05, 4.69) is 10.2 Å². The van der Waals surface area contributed by atoms with Gasteiger partial charge in [-0.15, -0.1) is 5.10 Å². The number of hydrogen-bond donors (Lipinski definition) is 1. The lowest BCUT2D eigenvalue weighted by Crippen LogP contribution is -1.95. The van der Waals surface area contributed by atoms with Crippen molar-refractivity contribution in [2.75, 3.05) is 20.0 Å². The van der Waals surface area contributed by atoms with Crippen LogP contribution in [0.1, 0.15) is 5.56 Å². The molecule has 0 fully saturated rings. The molecule has 90 valence electrons. The van der Waals surface area contributed by atoms with E-state index in [0.29, 0.717) is 17.2 Å². The first-order chi connectivity index (χ1) is 8.17. The van der Waals surface area contributed by atoms with Crippen LogP contribution in [0.15, 0.2) is 16.5 Å². The van der Waals surface area contributed by atoms with E-state index in [1.54, 1.807) is 20.3 Å². The molecule has 2 rings (SSSR count). The predicted octanol–water partition coefficient (Wildman–Crippen LogP) is 1.64. The average Bonchev–Trinajstić information content (AvgIpc) is 2.75. The quantitative estimate of drug-likeness (QED) is 0.870. The second-order valence-corrected chi connectivity index (χ2v) is 3.42. The van der Waals surface area contributed by atoms with Crippen LogP contribution in [0.3, 0.4) is 0 Å². The van der Waals surface area contributed by atoms with E-state index in [4.69, 9.17) is 19.6 Å². The van der Waals surface area contributed by atoms with Crippen molar-refractivity contribution in [1.29, 1.82) is 0 Å². The second kappa shape index (κ2) is 4.32. The molecular weight excluding hydrogens is 222 g/mol. The lowest BCUT2D eigenvalue weighted by atomic mass is 10.1. The van der Waals surface area contributed by atoms with Gasteiger partial charge in [0.25, 0.3) is 5.89 Å². The first kappa shape index (κ1) is 11.3. The van der Waals surface area contributed by atoms with Crippen LogP contribution in [0, 0.1) is 6.92 Å². The molecular formula is C11H13N3O3. The summed E-state index contributed by atoms with van der Waals surface area (Å²) >= 11 is 0. The third-order valence-electron chi connectivity index (χ3n) is 2.45. The monoisotopic (exact) mass is 235 g/mol. The standard InChI is InChI=1S/C11H13N3O3/c1-6-8(15-2)5-4-7(9(6)16-3)10-13-14-11(12)17-10/h4-5H,1-3H3,(H2,12,14). The molecule has 0 atom stereocenters. The van der Waals surface area contributed by atoms with Crippen LogP contribution in [0.5, 0.6) is 11.5 Å². The van der Waals surface area contributed by atoms with Gasteiger partial charge in [-0.1, -0.05) is 5.10 Å². The zero-order valence-corrected chi connectivity index (χ0v) is 9.85. The molecule has 2 aromatic rings. The van der Waals surface area contributed by atoms with E-state index in [-0.39, 0.29) is 6.01 Å². The third kappa shape index (κ3) is 1.89. The highest BCUT2D eigenvalue weighted by atomic mass is 16.5. The first-order valence-electron chi connectivity index (χ1n) is 4.98. The maximum absolute atomic E-state index is 5.40. The summed E-state index contributed by atoms with van der Waals surface area (Å²) in [4.78, 5) is 0. The van der Waals surface area contributed by atoms with Crippen molar-refractivity contribution in [3.63, 3.8) is 0 Å². The van der Waals surface area contributed by atoms with Gasteiger partial charge in [-0.2, -0.15) is 0 Å². The van der Waals surface area contributed by atoms with E-state index in [1.165, 1.54) is 0 Å². The maximum Gasteiger partial charge on any atom is 0.313 e. The number of anilines is 1. The number of hydrogen-bond acceptors (Lipinski definition) is 6. The summed E-state index contributed by atoms with van der Waals surface area (Å²) in [5, 5.41) is 7.44. The summed E-state index contributed by atoms with van der Waals surface area (Å²) in [7, 11) is 3.18. The Morgan fingerprint density at radius 2 is 1.94 bits per heavy atom. The van der Waals surface area contributed by atoms with Gasteiger partial charge in [0.2, 0.25) is 0 Å². The summed E-state index contributed by atoms with van der Waals surface area (Å²) in [6, 6.07) is 3.63. The van der Waals surface area contributed by atoms with Crippen LogP contribution in [0.2, 0.25) is 0 Å². The van der Waals surface area contributed by atoms with E-state index in [0.717, 1.165) is 11.3 Å². The van der Waals surface area contributed by atoms with Crippen LogP contribution in [-0.4, -0.2) is 24.4 Å². The number of methoxy groups -OCH3 is 2. The minimum atomic E-state index is 0.0236. The first-order valence-corrected chi connectivity index (χ1v) is 4.98. The number of nitrogen functional groups attached to an aromatic ring is 1. The summed E-state index contributed by atoms with van der Waals surface area (Å²) in [6.07, 6.45) is 0. The number of rotatable bonds is 3. The molecule has 2 N–H and O–H groups in total. The van der Waals surface area contributed by atoms with Crippen LogP contribution in [-0.2, 0) is 0 Å². The number of aromatic nitrogens is 2. The Bertz CT molecular complexity index is 537. The highest BCUT2D eigenvalue weighted by molar-refractivity contribution is 5.68.